The Morgan fingerprint density at radius 3 is 2.89 bits per heavy atom. The van der Waals surface area contributed by atoms with Gasteiger partial charge in [-0.15, -0.1) is 0 Å². The molecule has 0 unspecified atom stereocenters. The first-order valence-corrected chi connectivity index (χ1v) is 6.20. The minimum absolute atomic E-state index is 0.372. The third-order valence-corrected chi connectivity index (χ3v) is 3.32. The smallest absolute Gasteiger partial charge is 0.244 e. The number of amides is 1. The molecule has 0 saturated heterocycles. The lowest BCUT2D eigenvalue weighted by molar-refractivity contribution is -0.121. The molecule has 0 aliphatic heterocycles. The van der Waals surface area contributed by atoms with Crippen molar-refractivity contribution < 1.29 is 4.79 Å². The summed E-state index contributed by atoms with van der Waals surface area (Å²) in [6.07, 6.45) is 0. The van der Waals surface area contributed by atoms with Gasteiger partial charge in [0.2, 0.25) is 5.91 Å². The SMILES string of the molecule is CC(C)(C#N)C(=O)Nc1c(Cl)ccc2nsnc12. The highest BCUT2D eigenvalue weighted by Crippen LogP contribution is 2.31. The maximum absolute atomic E-state index is 11.9. The number of nitrogens with one attached hydrogen (secondary N) is 1. The predicted molar refractivity (Wildman–Crippen MR) is 70.4 cm³/mol. The van der Waals surface area contributed by atoms with Crippen LogP contribution in [0.1, 0.15) is 13.8 Å². The Morgan fingerprint density at radius 2 is 2.22 bits per heavy atom. The van der Waals surface area contributed by atoms with Crippen LogP contribution in [-0.2, 0) is 4.79 Å². The second-order valence-electron chi connectivity index (χ2n) is 4.25. The zero-order valence-electron chi connectivity index (χ0n) is 9.69. The summed E-state index contributed by atoms with van der Waals surface area (Å²) in [6.45, 7) is 3.07. The van der Waals surface area contributed by atoms with Gasteiger partial charge in [0.25, 0.3) is 0 Å². The van der Waals surface area contributed by atoms with Gasteiger partial charge in [0.15, 0.2) is 0 Å². The predicted octanol–water partition coefficient (Wildman–Crippen LogP) is 2.83. The molecule has 0 aliphatic rings. The van der Waals surface area contributed by atoms with E-state index in [1.807, 2.05) is 6.07 Å². The number of carbonyl (C=O) groups is 1. The highest BCUT2D eigenvalue weighted by Gasteiger charge is 2.28. The fraction of sp³-hybridized carbons (Fsp3) is 0.273. The lowest BCUT2D eigenvalue weighted by atomic mass is 9.94. The van der Waals surface area contributed by atoms with Crippen molar-refractivity contribution >= 4 is 46.0 Å². The van der Waals surface area contributed by atoms with E-state index >= 15 is 0 Å². The van der Waals surface area contributed by atoms with E-state index in [0.717, 1.165) is 11.7 Å². The molecular weight excluding hydrogens is 272 g/mol. The van der Waals surface area contributed by atoms with Crippen LogP contribution in [0.2, 0.25) is 5.02 Å². The van der Waals surface area contributed by atoms with Gasteiger partial charge in [-0.2, -0.15) is 14.0 Å². The molecule has 1 heterocycles. The van der Waals surface area contributed by atoms with E-state index in [4.69, 9.17) is 16.9 Å². The van der Waals surface area contributed by atoms with Crippen LogP contribution in [0.5, 0.6) is 0 Å². The summed E-state index contributed by atoms with van der Waals surface area (Å²) in [5, 5.41) is 11.9. The van der Waals surface area contributed by atoms with Gasteiger partial charge in [0, 0.05) is 0 Å². The van der Waals surface area contributed by atoms with Crippen molar-refractivity contribution in [2.24, 2.45) is 5.41 Å². The first kappa shape index (κ1) is 12.7. The van der Waals surface area contributed by atoms with Crippen molar-refractivity contribution in [3.8, 4) is 6.07 Å². The second-order valence-corrected chi connectivity index (χ2v) is 5.18. The minimum atomic E-state index is -1.13. The van der Waals surface area contributed by atoms with Gasteiger partial charge in [-0.3, -0.25) is 4.79 Å². The molecule has 1 aromatic heterocycles. The third kappa shape index (κ3) is 2.15. The van der Waals surface area contributed by atoms with E-state index in [1.54, 1.807) is 12.1 Å². The van der Waals surface area contributed by atoms with Gasteiger partial charge in [0.1, 0.15) is 16.4 Å². The number of hydrogen-bond donors (Lipinski definition) is 1. The molecule has 2 aromatic rings. The zero-order chi connectivity index (χ0) is 13.3. The summed E-state index contributed by atoms with van der Waals surface area (Å²) in [6, 6.07) is 5.30. The first-order valence-electron chi connectivity index (χ1n) is 5.09. The average Bonchev–Trinajstić information content (AvgIpc) is 2.81. The lowest BCUT2D eigenvalue weighted by Crippen LogP contribution is -2.29. The Kier molecular flexibility index (Phi) is 3.20. The Bertz CT molecular complexity index is 659. The van der Waals surface area contributed by atoms with Crippen molar-refractivity contribution in [1.82, 2.24) is 8.75 Å². The van der Waals surface area contributed by atoms with Crippen LogP contribution >= 0.6 is 23.3 Å². The fourth-order valence-electron chi connectivity index (χ4n) is 1.27. The maximum Gasteiger partial charge on any atom is 0.244 e. The molecule has 7 heteroatoms. The van der Waals surface area contributed by atoms with Crippen molar-refractivity contribution in [1.29, 1.82) is 5.26 Å². The van der Waals surface area contributed by atoms with Gasteiger partial charge < -0.3 is 5.32 Å². The second kappa shape index (κ2) is 4.52. The number of halogens is 1. The van der Waals surface area contributed by atoms with E-state index in [1.165, 1.54) is 13.8 Å². The average molecular weight is 281 g/mol. The Balaban J connectivity index is 2.44. The number of nitriles is 1. The van der Waals surface area contributed by atoms with Gasteiger partial charge in [-0.1, -0.05) is 11.6 Å². The van der Waals surface area contributed by atoms with Gasteiger partial charge in [-0.25, -0.2) is 0 Å². The van der Waals surface area contributed by atoms with E-state index in [-0.39, 0.29) is 0 Å². The van der Waals surface area contributed by atoms with Gasteiger partial charge in [-0.05, 0) is 26.0 Å². The number of anilines is 1. The van der Waals surface area contributed by atoms with E-state index in [2.05, 4.69) is 14.1 Å². The maximum atomic E-state index is 11.9. The standard InChI is InChI=1S/C11H9ClN4OS/c1-11(2,5-13)10(17)14-8-6(12)3-4-7-9(8)16-18-15-7/h3-4H,1-2H3,(H,14,17). The molecule has 1 amide bonds. The number of nitrogens with zero attached hydrogens (tertiary/aromatic N) is 3. The van der Waals surface area contributed by atoms with Crippen LogP contribution in [0, 0.1) is 16.7 Å². The molecule has 1 N–H and O–H groups in total. The molecular formula is C11H9ClN4OS. The molecule has 0 radical (unpaired) electrons. The van der Waals surface area contributed by atoms with Crippen LogP contribution in [-0.4, -0.2) is 14.7 Å². The molecule has 0 aliphatic carbocycles. The highest BCUT2D eigenvalue weighted by atomic mass is 35.5. The Morgan fingerprint density at radius 1 is 1.50 bits per heavy atom. The Hall–Kier alpha value is -1.71. The van der Waals surface area contributed by atoms with E-state index < -0.39 is 11.3 Å². The molecule has 2 rings (SSSR count). The van der Waals surface area contributed by atoms with Gasteiger partial charge >= 0.3 is 0 Å². The summed E-state index contributed by atoms with van der Waals surface area (Å²) in [4.78, 5) is 11.9. The van der Waals surface area contributed by atoms with Crippen molar-refractivity contribution in [2.45, 2.75) is 13.8 Å². The van der Waals surface area contributed by atoms with Crippen LogP contribution in [0.15, 0.2) is 12.1 Å². The fourth-order valence-corrected chi connectivity index (χ4v) is 2.01. The molecule has 0 spiro atoms. The summed E-state index contributed by atoms with van der Waals surface area (Å²) in [5.74, 6) is -0.424. The van der Waals surface area contributed by atoms with Gasteiger partial charge in [0.05, 0.1) is 28.5 Å². The number of hydrogen-bond acceptors (Lipinski definition) is 5. The lowest BCUT2D eigenvalue weighted by Gasteiger charge is -2.15. The summed E-state index contributed by atoms with van der Waals surface area (Å²) in [7, 11) is 0. The monoisotopic (exact) mass is 280 g/mol. The normalized spacial score (nSPS) is 11.2. The van der Waals surface area contributed by atoms with Crippen LogP contribution in [0.3, 0.4) is 0 Å². The number of fused-ring (bicyclic) bond motifs is 1. The van der Waals surface area contributed by atoms with Crippen molar-refractivity contribution in [3.63, 3.8) is 0 Å². The van der Waals surface area contributed by atoms with Crippen molar-refractivity contribution in [2.75, 3.05) is 5.32 Å². The van der Waals surface area contributed by atoms with E-state index in [9.17, 15) is 4.79 Å². The molecule has 0 saturated carbocycles. The quantitative estimate of drug-likeness (QED) is 0.917. The summed E-state index contributed by atoms with van der Waals surface area (Å²) < 4.78 is 8.15. The Labute approximate surface area is 113 Å². The topological polar surface area (TPSA) is 78.7 Å². The molecule has 18 heavy (non-hydrogen) atoms. The number of rotatable bonds is 2. The van der Waals surface area contributed by atoms with Crippen LogP contribution in [0.25, 0.3) is 11.0 Å². The molecule has 92 valence electrons. The molecule has 5 nitrogen and oxygen atoms in total. The van der Waals surface area contributed by atoms with E-state index in [0.29, 0.717) is 21.7 Å². The molecule has 1 aromatic carbocycles. The zero-order valence-corrected chi connectivity index (χ0v) is 11.3. The summed E-state index contributed by atoms with van der Waals surface area (Å²) in [5.41, 5.74) is 0.467. The molecule has 0 fully saturated rings. The molecule has 0 atom stereocenters. The minimum Gasteiger partial charge on any atom is -0.322 e. The van der Waals surface area contributed by atoms with Crippen LogP contribution < -0.4 is 5.32 Å². The largest absolute Gasteiger partial charge is 0.322 e. The molecule has 0 bridgehead atoms. The number of carbonyl (C=O) groups excluding carboxylic acids is 1. The number of aromatic nitrogens is 2. The first-order chi connectivity index (χ1) is 8.45. The highest BCUT2D eigenvalue weighted by molar-refractivity contribution is 7.00. The number of benzene rings is 1. The third-order valence-electron chi connectivity index (χ3n) is 2.46. The van der Waals surface area contributed by atoms with Crippen LogP contribution in [0.4, 0.5) is 5.69 Å². The van der Waals surface area contributed by atoms with Crippen molar-refractivity contribution in [3.05, 3.63) is 17.2 Å². The summed E-state index contributed by atoms with van der Waals surface area (Å²) >= 11 is 7.08.